The van der Waals surface area contributed by atoms with Gasteiger partial charge in [0.25, 0.3) is 0 Å². The number of hydrogen-bond donors (Lipinski definition) is 1. The second-order valence-electron chi connectivity index (χ2n) is 5.29. The van der Waals surface area contributed by atoms with Crippen LogP contribution in [0.2, 0.25) is 5.02 Å². The second kappa shape index (κ2) is 8.38. The Hall–Kier alpha value is -0.930. The monoisotopic (exact) mass is 299 g/mol. The number of nitrogens with two attached hydrogens (primary N) is 1. The average molecular weight is 300 g/mol. The topological polar surface area (TPSA) is 44.5 Å². The van der Waals surface area contributed by atoms with E-state index in [0.717, 1.165) is 30.6 Å². The van der Waals surface area contributed by atoms with Gasteiger partial charge in [-0.2, -0.15) is 0 Å². The molecule has 2 N–H and O–H groups in total. The summed E-state index contributed by atoms with van der Waals surface area (Å²) in [7, 11) is 1.63. The third-order valence-electron chi connectivity index (χ3n) is 3.53. The van der Waals surface area contributed by atoms with E-state index in [1.54, 1.807) is 13.2 Å². The van der Waals surface area contributed by atoms with E-state index >= 15 is 0 Å². The number of hydrogen-bond acceptors (Lipinski definition) is 3. The van der Waals surface area contributed by atoms with Gasteiger partial charge in [0.15, 0.2) is 11.5 Å². The Balaban J connectivity index is 3.02. The normalized spacial score (nSPS) is 13.9. The highest BCUT2D eigenvalue weighted by Gasteiger charge is 2.16. The Bertz CT molecular complexity index is 423. The fraction of sp³-hybridized carbons (Fsp3) is 0.625. The first-order valence-electron chi connectivity index (χ1n) is 7.26. The van der Waals surface area contributed by atoms with Crippen molar-refractivity contribution in [1.82, 2.24) is 0 Å². The predicted octanol–water partition coefficient (Wildman–Crippen LogP) is 4.05. The smallest absolute Gasteiger partial charge is 0.164 e. The molecule has 2 unspecified atom stereocenters. The molecule has 0 saturated carbocycles. The highest BCUT2D eigenvalue weighted by molar-refractivity contribution is 6.30. The molecule has 2 atom stereocenters. The van der Waals surface area contributed by atoms with Crippen molar-refractivity contribution >= 4 is 11.6 Å². The Kier molecular flexibility index (Phi) is 7.17. The van der Waals surface area contributed by atoms with E-state index < -0.39 is 0 Å². The summed E-state index contributed by atoms with van der Waals surface area (Å²) in [6.07, 6.45) is 2.74. The van der Waals surface area contributed by atoms with E-state index in [1.165, 1.54) is 0 Å². The first-order valence-corrected chi connectivity index (χ1v) is 7.64. The summed E-state index contributed by atoms with van der Waals surface area (Å²) in [5, 5.41) is 0.649. The third kappa shape index (κ3) is 4.88. The molecule has 0 heterocycles. The number of methoxy groups -OCH3 is 1. The van der Waals surface area contributed by atoms with Gasteiger partial charge in [-0.3, -0.25) is 0 Å². The van der Waals surface area contributed by atoms with E-state index in [0.29, 0.717) is 23.3 Å². The van der Waals surface area contributed by atoms with Gasteiger partial charge >= 0.3 is 0 Å². The van der Waals surface area contributed by atoms with Crippen molar-refractivity contribution in [1.29, 1.82) is 0 Å². The Morgan fingerprint density at radius 2 is 1.95 bits per heavy atom. The van der Waals surface area contributed by atoms with Crippen molar-refractivity contribution in [2.24, 2.45) is 11.7 Å². The Labute approximate surface area is 127 Å². The van der Waals surface area contributed by atoms with E-state index in [4.69, 9.17) is 26.8 Å². The molecule has 0 bridgehead atoms. The highest BCUT2D eigenvalue weighted by atomic mass is 35.5. The van der Waals surface area contributed by atoms with Crippen molar-refractivity contribution in [3.8, 4) is 11.5 Å². The average Bonchev–Trinajstić information content (AvgIpc) is 2.44. The maximum atomic E-state index is 6.14. The largest absolute Gasteiger partial charge is 0.493 e. The van der Waals surface area contributed by atoms with Gasteiger partial charge < -0.3 is 15.2 Å². The van der Waals surface area contributed by atoms with Crippen LogP contribution in [0.1, 0.15) is 39.2 Å². The molecule has 0 amide bonds. The van der Waals surface area contributed by atoms with Crippen molar-refractivity contribution in [3.63, 3.8) is 0 Å². The zero-order valence-corrected chi connectivity index (χ0v) is 13.7. The molecule has 4 heteroatoms. The van der Waals surface area contributed by atoms with E-state index in [1.807, 2.05) is 6.07 Å². The summed E-state index contributed by atoms with van der Waals surface area (Å²) in [5.41, 5.74) is 7.08. The zero-order chi connectivity index (χ0) is 15.1. The lowest BCUT2D eigenvalue weighted by Crippen LogP contribution is -2.22. The Morgan fingerprint density at radius 3 is 2.50 bits per heavy atom. The molecule has 114 valence electrons. The summed E-state index contributed by atoms with van der Waals surface area (Å²) >= 11 is 6.14. The van der Waals surface area contributed by atoms with Crippen LogP contribution in [0.15, 0.2) is 12.1 Å². The quantitative estimate of drug-likeness (QED) is 0.787. The maximum absolute atomic E-state index is 6.14. The van der Waals surface area contributed by atoms with Crippen LogP contribution in [0.5, 0.6) is 11.5 Å². The Morgan fingerprint density at radius 1 is 1.25 bits per heavy atom. The molecule has 0 radical (unpaired) electrons. The summed E-state index contributed by atoms with van der Waals surface area (Å²) < 4.78 is 11.4. The second-order valence-corrected chi connectivity index (χ2v) is 5.73. The minimum atomic E-state index is 0.101. The van der Waals surface area contributed by atoms with Crippen molar-refractivity contribution in [2.45, 2.75) is 46.1 Å². The van der Waals surface area contributed by atoms with Crippen molar-refractivity contribution in [2.75, 3.05) is 13.7 Å². The molecule has 3 nitrogen and oxygen atoms in total. The molecular formula is C16H26ClNO2. The number of halogens is 1. The molecule has 1 rings (SSSR count). The lowest BCUT2D eigenvalue weighted by Gasteiger charge is -2.19. The van der Waals surface area contributed by atoms with Crippen molar-refractivity contribution < 1.29 is 9.47 Å². The SMILES string of the molecule is CCC(C)COc1c(CC(N)CC)cc(Cl)cc1OC. The van der Waals surface area contributed by atoms with Gasteiger partial charge in [-0.05, 0) is 24.8 Å². The maximum Gasteiger partial charge on any atom is 0.164 e. The van der Waals surface area contributed by atoms with Crippen LogP contribution in [0, 0.1) is 5.92 Å². The van der Waals surface area contributed by atoms with Crippen LogP contribution in [0.3, 0.4) is 0 Å². The standard InChI is InChI=1S/C16H26ClNO2/c1-5-11(3)10-20-16-12(8-14(18)6-2)7-13(17)9-15(16)19-4/h7,9,11,14H,5-6,8,10,18H2,1-4H3. The summed E-state index contributed by atoms with van der Waals surface area (Å²) in [5.74, 6) is 1.96. The van der Waals surface area contributed by atoms with Gasteiger partial charge in [0.2, 0.25) is 0 Å². The van der Waals surface area contributed by atoms with E-state index in [9.17, 15) is 0 Å². The van der Waals surface area contributed by atoms with Crippen LogP contribution in [0.4, 0.5) is 0 Å². The van der Waals surface area contributed by atoms with Gasteiger partial charge in [0.05, 0.1) is 13.7 Å². The van der Waals surface area contributed by atoms with Gasteiger partial charge in [-0.15, -0.1) is 0 Å². The molecule has 0 aliphatic rings. The highest BCUT2D eigenvalue weighted by Crippen LogP contribution is 2.36. The lowest BCUT2D eigenvalue weighted by molar-refractivity contribution is 0.242. The predicted molar refractivity (Wildman–Crippen MR) is 84.9 cm³/mol. The molecule has 0 aliphatic heterocycles. The molecule has 1 aromatic carbocycles. The van der Waals surface area contributed by atoms with Gasteiger partial charge in [0.1, 0.15) is 0 Å². The van der Waals surface area contributed by atoms with Gasteiger partial charge in [-0.25, -0.2) is 0 Å². The molecule has 0 aliphatic carbocycles. The first kappa shape index (κ1) is 17.1. The van der Waals surface area contributed by atoms with Crippen molar-refractivity contribution in [3.05, 3.63) is 22.7 Å². The number of rotatable bonds is 8. The zero-order valence-electron chi connectivity index (χ0n) is 12.9. The molecular weight excluding hydrogens is 274 g/mol. The minimum Gasteiger partial charge on any atom is -0.493 e. The molecule has 0 saturated heterocycles. The molecule has 0 fully saturated rings. The van der Waals surface area contributed by atoms with Crippen LogP contribution in [-0.2, 0) is 6.42 Å². The fourth-order valence-electron chi connectivity index (χ4n) is 1.86. The van der Waals surface area contributed by atoms with Crippen LogP contribution >= 0.6 is 11.6 Å². The molecule has 1 aromatic rings. The van der Waals surface area contributed by atoms with Crippen LogP contribution < -0.4 is 15.2 Å². The molecule has 0 aromatic heterocycles. The van der Waals surface area contributed by atoms with E-state index in [-0.39, 0.29) is 6.04 Å². The summed E-state index contributed by atoms with van der Waals surface area (Å²) in [6.45, 7) is 7.07. The number of ether oxygens (including phenoxy) is 2. The lowest BCUT2D eigenvalue weighted by atomic mass is 10.0. The molecule has 0 spiro atoms. The third-order valence-corrected chi connectivity index (χ3v) is 3.75. The van der Waals surface area contributed by atoms with Crippen LogP contribution in [-0.4, -0.2) is 19.8 Å². The minimum absolute atomic E-state index is 0.101. The fourth-order valence-corrected chi connectivity index (χ4v) is 2.09. The number of benzene rings is 1. The summed E-state index contributed by atoms with van der Waals surface area (Å²) in [6, 6.07) is 3.81. The van der Waals surface area contributed by atoms with E-state index in [2.05, 4.69) is 20.8 Å². The molecule has 20 heavy (non-hydrogen) atoms. The van der Waals surface area contributed by atoms with Crippen LogP contribution in [0.25, 0.3) is 0 Å². The van der Waals surface area contributed by atoms with Gasteiger partial charge in [-0.1, -0.05) is 38.8 Å². The summed E-state index contributed by atoms with van der Waals surface area (Å²) in [4.78, 5) is 0. The first-order chi connectivity index (χ1) is 9.51. The van der Waals surface area contributed by atoms with Gasteiger partial charge in [0, 0.05) is 22.7 Å².